The maximum absolute atomic E-state index is 6.13. The van der Waals surface area contributed by atoms with Crippen LogP contribution in [0.2, 0.25) is 5.02 Å². The van der Waals surface area contributed by atoms with Crippen molar-refractivity contribution in [2.45, 2.75) is 25.5 Å². The van der Waals surface area contributed by atoms with E-state index in [2.05, 4.69) is 18.0 Å². The molecule has 0 aromatic heterocycles. The second-order valence-electron chi connectivity index (χ2n) is 4.42. The zero-order chi connectivity index (χ0) is 11.4. The molecule has 1 aromatic rings. The maximum atomic E-state index is 6.13. The van der Waals surface area contributed by atoms with Crippen LogP contribution in [-0.2, 0) is 11.3 Å². The number of likely N-dealkylation sites (N-methyl/N-ethyl adjacent to an activating group) is 1. The van der Waals surface area contributed by atoms with E-state index in [1.165, 1.54) is 18.4 Å². The lowest BCUT2D eigenvalue weighted by molar-refractivity contribution is 0.0793. The Morgan fingerprint density at radius 1 is 1.44 bits per heavy atom. The van der Waals surface area contributed by atoms with Crippen molar-refractivity contribution in [2.24, 2.45) is 0 Å². The highest BCUT2D eigenvalue weighted by Crippen LogP contribution is 2.18. The van der Waals surface area contributed by atoms with Crippen molar-refractivity contribution in [3.63, 3.8) is 0 Å². The SMILES string of the molecule is CN(Cc1ccccc1Cl)CC1CCCO1. The maximum Gasteiger partial charge on any atom is 0.0702 e. The molecule has 1 atom stereocenters. The van der Waals surface area contributed by atoms with Gasteiger partial charge < -0.3 is 4.74 Å². The second kappa shape index (κ2) is 5.67. The van der Waals surface area contributed by atoms with Gasteiger partial charge in [-0.15, -0.1) is 0 Å². The van der Waals surface area contributed by atoms with Gasteiger partial charge in [0.25, 0.3) is 0 Å². The lowest BCUT2D eigenvalue weighted by Gasteiger charge is -2.20. The molecule has 0 bridgehead atoms. The van der Waals surface area contributed by atoms with Gasteiger partial charge >= 0.3 is 0 Å². The van der Waals surface area contributed by atoms with Crippen molar-refractivity contribution in [2.75, 3.05) is 20.2 Å². The molecule has 0 N–H and O–H groups in total. The van der Waals surface area contributed by atoms with Crippen LogP contribution < -0.4 is 0 Å². The minimum absolute atomic E-state index is 0.410. The lowest BCUT2D eigenvalue weighted by atomic mass is 10.2. The summed E-state index contributed by atoms with van der Waals surface area (Å²) in [6.45, 7) is 2.80. The van der Waals surface area contributed by atoms with Crippen molar-refractivity contribution in [3.8, 4) is 0 Å². The molecule has 0 radical (unpaired) electrons. The summed E-state index contributed by atoms with van der Waals surface area (Å²) in [5.41, 5.74) is 1.18. The molecule has 88 valence electrons. The molecular weight excluding hydrogens is 222 g/mol. The van der Waals surface area contributed by atoms with E-state index in [9.17, 15) is 0 Å². The number of nitrogens with zero attached hydrogens (tertiary/aromatic N) is 1. The van der Waals surface area contributed by atoms with Crippen LogP contribution in [0.5, 0.6) is 0 Å². The van der Waals surface area contributed by atoms with E-state index in [1.54, 1.807) is 0 Å². The van der Waals surface area contributed by atoms with Crippen molar-refractivity contribution in [3.05, 3.63) is 34.9 Å². The minimum atomic E-state index is 0.410. The van der Waals surface area contributed by atoms with Crippen LogP contribution in [0, 0.1) is 0 Å². The van der Waals surface area contributed by atoms with Gasteiger partial charge in [0.05, 0.1) is 6.10 Å². The number of benzene rings is 1. The largest absolute Gasteiger partial charge is 0.377 e. The summed E-state index contributed by atoms with van der Waals surface area (Å²) in [5.74, 6) is 0. The van der Waals surface area contributed by atoms with Crippen molar-refractivity contribution >= 4 is 11.6 Å². The molecule has 0 aliphatic carbocycles. The Labute approximate surface area is 102 Å². The Balaban J connectivity index is 1.86. The number of halogens is 1. The molecule has 1 aliphatic heterocycles. The van der Waals surface area contributed by atoms with E-state index in [-0.39, 0.29) is 0 Å². The summed E-state index contributed by atoms with van der Waals surface area (Å²) < 4.78 is 5.62. The zero-order valence-corrected chi connectivity index (χ0v) is 10.4. The van der Waals surface area contributed by atoms with E-state index >= 15 is 0 Å². The summed E-state index contributed by atoms with van der Waals surface area (Å²) in [6.07, 6.45) is 2.80. The average molecular weight is 240 g/mol. The van der Waals surface area contributed by atoms with E-state index < -0.39 is 0 Å². The minimum Gasteiger partial charge on any atom is -0.377 e. The van der Waals surface area contributed by atoms with Gasteiger partial charge in [-0.25, -0.2) is 0 Å². The third-order valence-corrected chi connectivity index (χ3v) is 3.31. The van der Waals surface area contributed by atoms with Crippen LogP contribution in [0.4, 0.5) is 0 Å². The van der Waals surface area contributed by atoms with E-state index in [1.807, 2.05) is 18.2 Å². The first-order chi connectivity index (χ1) is 7.75. The topological polar surface area (TPSA) is 12.5 Å². The zero-order valence-electron chi connectivity index (χ0n) is 9.66. The summed E-state index contributed by atoms with van der Waals surface area (Å²) in [7, 11) is 2.12. The summed E-state index contributed by atoms with van der Waals surface area (Å²) >= 11 is 6.13. The first-order valence-corrected chi connectivity index (χ1v) is 6.17. The predicted molar refractivity (Wildman–Crippen MR) is 66.8 cm³/mol. The first kappa shape index (κ1) is 11.9. The Morgan fingerprint density at radius 2 is 2.25 bits per heavy atom. The molecule has 3 heteroatoms. The van der Waals surface area contributed by atoms with Crippen LogP contribution in [0.3, 0.4) is 0 Å². The van der Waals surface area contributed by atoms with Gasteiger partial charge in [-0.1, -0.05) is 29.8 Å². The van der Waals surface area contributed by atoms with Crippen LogP contribution in [0.15, 0.2) is 24.3 Å². The second-order valence-corrected chi connectivity index (χ2v) is 4.83. The highest BCUT2D eigenvalue weighted by atomic mass is 35.5. The predicted octanol–water partition coefficient (Wildman–Crippen LogP) is 2.95. The first-order valence-electron chi connectivity index (χ1n) is 5.79. The third-order valence-electron chi connectivity index (χ3n) is 2.94. The van der Waals surface area contributed by atoms with E-state index in [0.717, 1.165) is 24.7 Å². The number of rotatable bonds is 4. The van der Waals surface area contributed by atoms with Gasteiger partial charge in [-0.05, 0) is 31.5 Å². The molecule has 2 nitrogen and oxygen atoms in total. The number of ether oxygens (including phenoxy) is 1. The molecule has 0 spiro atoms. The van der Waals surface area contributed by atoms with Crippen LogP contribution in [0.25, 0.3) is 0 Å². The summed E-state index contributed by atoms with van der Waals surface area (Å²) in [6, 6.07) is 8.01. The molecule has 16 heavy (non-hydrogen) atoms. The quantitative estimate of drug-likeness (QED) is 0.801. The van der Waals surface area contributed by atoms with E-state index in [4.69, 9.17) is 16.3 Å². The van der Waals surface area contributed by atoms with Crippen molar-refractivity contribution in [1.29, 1.82) is 0 Å². The molecule has 2 rings (SSSR count). The Bertz CT molecular complexity index is 336. The molecule has 1 fully saturated rings. The van der Waals surface area contributed by atoms with Crippen molar-refractivity contribution in [1.82, 2.24) is 4.90 Å². The van der Waals surface area contributed by atoms with Gasteiger partial charge in [-0.3, -0.25) is 4.90 Å². The molecule has 1 saturated heterocycles. The van der Waals surface area contributed by atoms with Gasteiger partial charge in [0, 0.05) is 24.7 Å². The van der Waals surface area contributed by atoms with Crippen molar-refractivity contribution < 1.29 is 4.74 Å². The van der Waals surface area contributed by atoms with Gasteiger partial charge in [-0.2, -0.15) is 0 Å². The highest BCUT2D eigenvalue weighted by molar-refractivity contribution is 6.31. The van der Waals surface area contributed by atoms with Crippen LogP contribution >= 0.6 is 11.6 Å². The summed E-state index contributed by atoms with van der Waals surface area (Å²) in [4.78, 5) is 2.28. The van der Waals surface area contributed by atoms with Gasteiger partial charge in [0.15, 0.2) is 0 Å². The molecule has 1 aromatic carbocycles. The highest BCUT2D eigenvalue weighted by Gasteiger charge is 2.17. The van der Waals surface area contributed by atoms with Crippen LogP contribution in [-0.4, -0.2) is 31.2 Å². The number of hydrogen-bond acceptors (Lipinski definition) is 2. The Morgan fingerprint density at radius 3 is 2.94 bits per heavy atom. The molecule has 1 unspecified atom stereocenters. The fourth-order valence-electron chi connectivity index (χ4n) is 2.12. The van der Waals surface area contributed by atoms with Gasteiger partial charge in [0.2, 0.25) is 0 Å². The number of hydrogen-bond donors (Lipinski definition) is 0. The van der Waals surface area contributed by atoms with Gasteiger partial charge in [0.1, 0.15) is 0 Å². The fourth-order valence-corrected chi connectivity index (χ4v) is 2.31. The van der Waals surface area contributed by atoms with E-state index in [0.29, 0.717) is 6.10 Å². The average Bonchev–Trinajstić information content (AvgIpc) is 2.74. The lowest BCUT2D eigenvalue weighted by Crippen LogP contribution is -2.28. The molecule has 1 aliphatic rings. The third kappa shape index (κ3) is 3.21. The smallest absolute Gasteiger partial charge is 0.0702 e. The molecule has 1 heterocycles. The fraction of sp³-hybridized carbons (Fsp3) is 0.538. The Hall–Kier alpha value is -0.570. The molecule has 0 saturated carbocycles. The summed E-state index contributed by atoms with van der Waals surface area (Å²) in [5, 5.41) is 0.849. The molecule has 0 amide bonds. The normalized spacial score (nSPS) is 20.6. The standard InChI is InChI=1S/C13H18ClNO/c1-15(10-12-6-4-8-16-12)9-11-5-2-3-7-13(11)14/h2-3,5,7,12H,4,6,8-10H2,1H3. The monoisotopic (exact) mass is 239 g/mol. The Kier molecular flexibility index (Phi) is 4.22. The van der Waals surface area contributed by atoms with Crippen LogP contribution in [0.1, 0.15) is 18.4 Å². The molecular formula is C13H18ClNO.